The number of hydrogen-bond acceptors (Lipinski definition) is 3. The minimum atomic E-state index is 0.230. The number of nitrogens with zero attached hydrogens (tertiary/aromatic N) is 1. The van der Waals surface area contributed by atoms with Gasteiger partial charge in [-0.1, -0.05) is 13.8 Å². The molecule has 2 N–H and O–H groups in total. The fraction of sp³-hybridized carbons (Fsp3) is 1.00. The van der Waals surface area contributed by atoms with Gasteiger partial charge in [0.2, 0.25) is 0 Å². The molecule has 0 fully saturated rings. The van der Waals surface area contributed by atoms with E-state index < -0.39 is 0 Å². The molecule has 0 aliphatic carbocycles. The second kappa shape index (κ2) is 7.20. The normalized spacial score (nSPS) is 14.6. The zero-order valence-corrected chi connectivity index (χ0v) is 11.0. The van der Waals surface area contributed by atoms with Gasteiger partial charge in [0.15, 0.2) is 0 Å². The number of nitrogens with one attached hydrogen (secondary N) is 1. The van der Waals surface area contributed by atoms with Crippen molar-refractivity contribution in [1.82, 2.24) is 10.2 Å². The molecule has 3 heteroatoms. The number of aliphatic hydroxyl groups excluding tert-OH is 1. The Morgan fingerprint density at radius 2 is 1.93 bits per heavy atom. The summed E-state index contributed by atoms with van der Waals surface area (Å²) in [5.74, 6) is 0. The van der Waals surface area contributed by atoms with Gasteiger partial charge in [0.05, 0.1) is 6.61 Å². The van der Waals surface area contributed by atoms with Gasteiger partial charge in [0.1, 0.15) is 0 Å². The van der Waals surface area contributed by atoms with E-state index in [-0.39, 0.29) is 18.2 Å². The van der Waals surface area contributed by atoms with Gasteiger partial charge in [-0.15, -0.1) is 0 Å². The van der Waals surface area contributed by atoms with E-state index in [1.807, 2.05) is 0 Å². The molecule has 1 unspecified atom stereocenters. The first kappa shape index (κ1) is 14.9. The third kappa shape index (κ3) is 5.50. The highest BCUT2D eigenvalue weighted by molar-refractivity contribution is 4.78. The molecule has 0 spiro atoms. The summed E-state index contributed by atoms with van der Waals surface area (Å²) < 4.78 is 0. The van der Waals surface area contributed by atoms with Crippen LogP contribution < -0.4 is 5.32 Å². The summed E-state index contributed by atoms with van der Waals surface area (Å²) in [7, 11) is 2.16. The van der Waals surface area contributed by atoms with Crippen molar-refractivity contribution in [2.45, 2.75) is 52.1 Å². The van der Waals surface area contributed by atoms with Gasteiger partial charge < -0.3 is 15.3 Å². The van der Waals surface area contributed by atoms with E-state index in [2.05, 4.69) is 45.0 Å². The van der Waals surface area contributed by atoms with E-state index in [1.165, 1.54) is 0 Å². The molecule has 0 amide bonds. The molecule has 15 heavy (non-hydrogen) atoms. The Labute approximate surface area is 94.9 Å². The minimum Gasteiger partial charge on any atom is -0.395 e. The first-order valence-electron chi connectivity index (χ1n) is 6.03. The predicted molar refractivity (Wildman–Crippen MR) is 66.2 cm³/mol. The molecule has 0 bridgehead atoms. The molecular weight excluding hydrogens is 188 g/mol. The molecule has 0 aliphatic heterocycles. The van der Waals surface area contributed by atoms with Crippen LogP contribution in [0.3, 0.4) is 0 Å². The molecule has 0 aromatic heterocycles. The van der Waals surface area contributed by atoms with Gasteiger partial charge >= 0.3 is 0 Å². The molecule has 0 radical (unpaired) electrons. The van der Waals surface area contributed by atoms with Crippen LogP contribution >= 0.6 is 0 Å². The Morgan fingerprint density at radius 3 is 2.33 bits per heavy atom. The number of hydrogen-bond donors (Lipinski definition) is 2. The van der Waals surface area contributed by atoms with Crippen LogP contribution in [-0.4, -0.2) is 48.3 Å². The largest absolute Gasteiger partial charge is 0.395 e. The Bertz CT molecular complexity index is 160. The first-order chi connectivity index (χ1) is 6.97. The van der Waals surface area contributed by atoms with Crippen LogP contribution in [0.5, 0.6) is 0 Å². The zero-order valence-electron chi connectivity index (χ0n) is 11.0. The average Bonchev–Trinajstić information content (AvgIpc) is 2.23. The van der Waals surface area contributed by atoms with Crippen molar-refractivity contribution in [2.24, 2.45) is 0 Å². The molecule has 0 saturated heterocycles. The van der Waals surface area contributed by atoms with Gasteiger partial charge in [-0.25, -0.2) is 0 Å². The maximum absolute atomic E-state index is 9.15. The molecule has 0 saturated carbocycles. The molecule has 0 aromatic carbocycles. The highest BCUT2D eigenvalue weighted by atomic mass is 16.3. The van der Waals surface area contributed by atoms with E-state index in [9.17, 15) is 0 Å². The summed E-state index contributed by atoms with van der Waals surface area (Å²) in [5, 5.41) is 12.4. The molecule has 0 rings (SSSR count). The van der Waals surface area contributed by atoms with Crippen molar-refractivity contribution in [3.63, 3.8) is 0 Å². The summed E-state index contributed by atoms with van der Waals surface area (Å²) >= 11 is 0. The van der Waals surface area contributed by atoms with Crippen molar-refractivity contribution in [3.05, 3.63) is 0 Å². The van der Waals surface area contributed by atoms with Crippen LogP contribution in [-0.2, 0) is 0 Å². The van der Waals surface area contributed by atoms with Gasteiger partial charge in [-0.3, -0.25) is 0 Å². The molecule has 92 valence electrons. The van der Waals surface area contributed by atoms with E-state index in [4.69, 9.17) is 5.11 Å². The number of likely N-dealkylation sites (N-methyl/N-ethyl adjacent to an activating group) is 1. The zero-order chi connectivity index (χ0) is 11.9. The third-order valence-electron chi connectivity index (χ3n) is 3.42. The van der Waals surface area contributed by atoms with Crippen molar-refractivity contribution in [1.29, 1.82) is 0 Å². The van der Waals surface area contributed by atoms with E-state index in [1.54, 1.807) is 0 Å². The maximum atomic E-state index is 9.15. The third-order valence-corrected chi connectivity index (χ3v) is 3.42. The van der Waals surface area contributed by atoms with Gasteiger partial charge in [0, 0.05) is 11.6 Å². The molecule has 0 aliphatic rings. The lowest BCUT2D eigenvalue weighted by atomic mass is 9.99. The summed E-state index contributed by atoms with van der Waals surface area (Å²) in [4.78, 5) is 2.37. The molecule has 1 atom stereocenters. The Kier molecular flexibility index (Phi) is 7.14. The summed E-state index contributed by atoms with van der Waals surface area (Å²) in [6, 6.07) is 0.241. The lowest BCUT2D eigenvalue weighted by Crippen LogP contribution is -2.43. The Morgan fingerprint density at radius 1 is 1.33 bits per heavy atom. The topological polar surface area (TPSA) is 35.5 Å². The summed E-state index contributed by atoms with van der Waals surface area (Å²) in [6.45, 7) is 11.0. The number of aliphatic hydroxyl groups is 1. The van der Waals surface area contributed by atoms with E-state index in [0.29, 0.717) is 0 Å². The van der Waals surface area contributed by atoms with Gasteiger partial charge in [-0.05, 0) is 46.8 Å². The summed E-state index contributed by atoms with van der Waals surface area (Å²) in [6.07, 6.45) is 2.15. The highest BCUT2D eigenvalue weighted by Gasteiger charge is 2.21. The second-order valence-electron chi connectivity index (χ2n) is 4.81. The van der Waals surface area contributed by atoms with Gasteiger partial charge in [-0.2, -0.15) is 0 Å². The standard InChI is InChI=1S/C12H28N2O/c1-6-12(3,4)14(5)9-8-11(10-15)13-7-2/h11,13,15H,6-10H2,1-5H3. The van der Waals surface area contributed by atoms with E-state index >= 15 is 0 Å². The lowest BCUT2D eigenvalue weighted by molar-refractivity contribution is 0.135. The fourth-order valence-electron chi connectivity index (χ4n) is 1.47. The van der Waals surface area contributed by atoms with Crippen molar-refractivity contribution >= 4 is 0 Å². The summed E-state index contributed by atoms with van der Waals surface area (Å²) in [5.41, 5.74) is 0.256. The van der Waals surface area contributed by atoms with Crippen LogP contribution in [0.4, 0.5) is 0 Å². The lowest BCUT2D eigenvalue weighted by Gasteiger charge is -2.35. The van der Waals surface area contributed by atoms with Gasteiger partial charge in [0.25, 0.3) is 0 Å². The van der Waals surface area contributed by atoms with E-state index in [0.717, 1.165) is 25.9 Å². The molecule has 0 heterocycles. The second-order valence-corrected chi connectivity index (χ2v) is 4.81. The van der Waals surface area contributed by atoms with Crippen molar-refractivity contribution in [2.75, 3.05) is 26.7 Å². The smallest absolute Gasteiger partial charge is 0.0585 e. The fourth-order valence-corrected chi connectivity index (χ4v) is 1.47. The Hall–Kier alpha value is -0.120. The van der Waals surface area contributed by atoms with Crippen LogP contribution in [0.25, 0.3) is 0 Å². The van der Waals surface area contributed by atoms with Crippen LogP contribution in [0.2, 0.25) is 0 Å². The average molecular weight is 216 g/mol. The molecule has 3 nitrogen and oxygen atoms in total. The van der Waals surface area contributed by atoms with Crippen molar-refractivity contribution in [3.8, 4) is 0 Å². The van der Waals surface area contributed by atoms with Crippen LogP contribution in [0, 0.1) is 0 Å². The molecule has 0 aromatic rings. The Balaban J connectivity index is 3.92. The predicted octanol–water partition coefficient (Wildman–Crippen LogP) is 1.47. The first-order valence-corrected chi connectivity index (χ1v) is 6.03. The number of rotatable bonds is 8. The SMILES string of the molecule is CCNC(CO)CCN(C)C(C)(C)CC. The maximum Gasteiger partial charge on any atom is 0.0585 e. The monoisotopic (exact) mass is 216 g/mol. The van der Waals surface area contributed by atoms with Crippen LogP contribution in [0.15, 0.2) is 0 Å². The minimum absolute atomic E-state index is 0.230. The molecular formula is C12H28N2O. The van der Waals surface area contributed by atoms with Crippen molar-refractivity contribution < 1.29 is 5.11 Å². The quantitative estimate of drug-likeness (QED) is 0.645. The highest BCUT2D eigenvalue weighted by Crippen LogP contribution is 2.16. The van der Waals surface area contributed by atoms with Crippen LogP contribution in [0.1, 0.15) is 40.5 Å².